The zero-order valence-electron chi connectivity index (χ0n) is 19.2. The number of benzene rings is 3. The fourth-order valence-electron chi connectivity index (χ4n) is 4.73. The van der Waals surface area contributed by atoms with Crippen LogP contribution in [0.25, 0.3) is 22.0 Å². The Kier molecular flexibility index (Phi) is 6.41. The summed E-state index contributed by atoms with van der Waals surface area (Å²) in [5.74, 6) is -1.25. The first kappa shape index (κ1) is 23.5. The smallest absolute Gasteiger partial charge is 0.407 e. The molecule has 0 saturated heterocycles. The molecule has 0 radical (unpaired) electrons. The maximum absolute atomic E-state index is 12.3. The number of carbonyl (C=O) groups excluding carboxylic acids is 1. The Labute approximate surface area is 206 Å². The zero-order valence-corrected chi connectivity index (χ0v) is 19.2. The van der Waals surface area contributed by atoms with E-state index in [9.17, 15) is 24.9 Å². The number of carboxylic acid groups (broad SMARTS) is 1. The Morgan fingerprint density at radius 3 is 2.33 bits per heavy atom. The Morgan fingerprint density at radius 1 is 1.00 bits per heavy atom. The highest BCUT2D eigenvalue weighted by Gasteiger charge is 2.29. The molecular weight excluding hydrogens is 462 g/mol. The molecule has 5 rings (SSSR count). The Hall–Kier alpha value is -4.21. The average molecular weight is 488 g/mol. The van der Waals surface area contributed by atoms with Gasteiger partial charge in [-0.3, -0.25) is 5.10 Å². The summed E-state index contributed by atoms with van der Waals surface area (Å²) in [7, 11) is 0. The number of aromatic carboxylic acids is 1. The van der Waals surface area contributed by atoms with Gasteiger partial charge in [0.25, 0.3) is 0 Å². The van der Waals surface area contributed by atoms with E-state index < -0.39 is 24.3 Å². The van der Waals surface area contributed by atoms with Gasteiger partial charge in [0, 0.05) is 17.8 Å². The van der Waals surface area contributed by atoms with Crippen molar-refractivity contribution in [3.8, 4) is 11.1 Å². The molecule has 2 unspecified atom stereocenters. The molecule has 36 heavy (non-hydrogen) atoms. The van der Waals surface area contributed by atoms with Crippen molar-refractivity contribution in [3.05, 3.63) is 89.1 Å². The van der Waals surface area contributed by atoms with Gasteiger partial charge in [-0.2, -0.15) is 5.10 Å². The number of aromatic nitrogens is 2. The second kappa shape index (κ2) is 9.80. The molecule has 1 heterocycles. The highest BCUT2D eigenvalue weighted by Crippen LogP contribution is 2.44. The summed E-state index contributed by atoms with van der Waals surface area (Å²) >= 11 is 0. The zero-order chi connectivity index (χ0) is 25.2. The number of nitrogens with zero attached hydrogens (tertiary/aromatic N) is 1. The van der Waals surface area contributed by atoms with Crippen LogP contribution in [0.1, 0.15) is 45.6 Å². The van der Waals surface area contributed by atoms with Gasteiger partial charge in [0.1, 0.15) is 12.7 Å². The quantitative estimate of drug-likeness (QED) is 0.255. The van der Waals surface area contributed by atoms with Crippen LogP contribution in [0, 0.1) is 0 Å². The lowest BCUT2D eigenvalue weighted by molar-refractivity contribution is 0.0137. The van der Waals surface area contributed by atoms with E-state index in [4.69, 9.17) is 4.74 Å². The monoisotopic (exact) mass is 487 g/mol. The summed E-state index contributed by atoms with van der Waals surface area (Å²) in [5, 5.41) is 39.5. The summed E-state index contributed by atoms with van der Waals surface area (Å²) in [6.07, 6.45) is -2.99. The number of hydrogen-bond donors (Lipinski definition) is 5. The number of carbonyl (C=O) groups is 2. The van der Waals surface area contributed by atoms with E-state index in [0.29, 0.717) is 16.5 Å². The number of hydrogen-bond acceptors (Lipinski definition) is 6. The standard InChI is InChI=1S/C27H25N3O6/c31-23(25(32)15-9-10-22-20(13-15)24(26(33)34)30-29-22)11-12-28-27(35)36-14-21-18-7-3-1-5-16(18)17-6-2-4-8-19(17)21/h1-10,13,21,23,25,31-32H,11-12,14H2,(H,28,35)(H,29,30)(H,33,34). The molecule has 1 amide bonds. The van der Waals surface area contributed by atoms with Gasteiger partial charge in [0.05, 0.1) is 11.6 Å². The first-order valence-corrected chi connectivity index (χ1v) is 11.6. The molecular formula is C27H25N3O6. The molecule has 0 aliphatic heterocycles. The highest BCUT2D eigenvalue weighted by atomic mass is 16.5. The molecule has 0 saturated carbocycles. The van der Waals surface area contributed by atoms with Crippen molar-refractivity contribution < 1.29 is 29.6 Å². The van der Waals surface area contributed by atoms with Crippen LogP contribution < -0.4 is 5.32 Å². The number of carboxylic acids is 1. The molecule has 3 aromatic carbocycles. The number of aliphatic hydroxyl groups excluding tert-OH is 2. The molecule has 4 aromatic rings. The molecule has 9 heteroatoms. The average Bonchev–Trinajstić information content (AvgIpc) is 3.46. The highest BCUT2D eigenvalue weighted by molar-refractivity contribution is 6.01. The van der Waals surface area contributed by atoms with Crippen LogP contribution in [0.3, 0.4) is 0 Å². The molecule has 0 spiro atoms. The van der Waals surface area contributed by atoms with Gasteiger partial charge < -0.3 is 25.4 Å². The summed E-state index contributed by atoms with van der Waals surface area (Å²) in [4.78, 5) is 23.6. The van der Waals surface area contributed by atoms with Crippen molar-refractivity contribution in [3.63, 3.8) is 0 Å². The molecule has 184 valence electrons. The minimum atomic E-state index is -1.27. The molecule has 1 aromatic heterocycles. The number of nitrogens with one attached hydrogen (secondary N) is 2. The topological polar surface area (TPSA) is 145 Å². The first-order valence-electron chi connectivity index (χ1n) is 11.6. The normalized spacial score (nSPS) is 14.2. The molecule has 0 fully saturated rings. The molecule has 5 N–H and O–H groups in total. The van der Waals surface area contributed by atoms with E-state index in [1.54, 1.807) is 12.1 Å². The second-order valence-electron chi connectivity index (χ2n) is 8.74. The predicted octanol–water partition coefficient (Wildman–Crippen LogP) is 3.58. The third kappa shape index (κ3) is 4.41. The molecule has 1 aliphatic carbocycles. The number of ether oxygens (including phenoxy) is 1. The number of rotatable bonds is 8. The van der Waals surface area contributed by atoms with E-state index in [1.807, 2.05) is 36.4 Å². The Morgan fingerprint density at radius 2 is 1.67 bits per heavy atom. The largest absolute Gasteiger partial charge is 0.476 e. The van der Waals surface area contributed by atoms with Crippen LogP contribution in [0.5, 0.6) is 0 Å². The molecule has 2 atom stereocenters. The van der Waals surface area contributed by atoms with Crippen LogP contribution in [0.15, 0.2) is 66.7 Å². The number of aromatic amines is 1. The van der Waals surface area contributed by atoms with E-state index in [1.165, 1.54) is 6.07 Å². The lowest BCUT2D eigenvalue weighted by Gasteiger charge is -2.19. The summed E-state index contributed by atoms with van der Waals surface area (Å²) in [5.41, 5.74) is 5.21. The Balaban J connectivity index is 1.15. The number of H-pyrrole nitrogens is 1. The van der Waals surface area contributed by atoms with E-state index in [0.717, 1.165) is 22.3 Å². The van der Waals surface area contributed by atoms with E-state index in [-0.39, 0.29) is 31.2 Å². The van der Waals surface area contributed by atoms with Crippen LogP contribution in [0.4, 0.5) is 4.79 Å². The molecule has 1 aliphatic rings. The third-order valence-corrected chi connectivity index (χ3v) is 6.55. The molecule has 0 bridgehead atoms. The van der Waals surface area contributed by atoms with Crippen LogP contribution >= 0.6 is 0 Å². The van der Waals surface area contributed by atoms with Gasteiger partial charge in [0.2, 0.25) is 0 Å². The fourth-order valence-corrected chi connectivity index (χ4v) is 4.73. The number of amides is 1. The predicted molar refractivity (Wildman–Crippen MR) is 132 cm³/mol. The maximum atomic E-state index is 12.3. The third-order valence-electron chi connectivity index (χ3n) is 6.55. The number of fused-ring (bicyclic) bond motifs is 4. The van der Waals surface area contributed by atoms with Gasteiger partial charge in [0.15, 0.2) is 5.69 Å². The maximum Gasteiger partial charge on any atom is 0.407 e. The second-order valence-corrected chi connectivity index (χ2v) is 8.74. The van der Waals surface area contributed by atoms with Crippen molar-refractivity contribution in [2.75, 3.05) is 13.2 Å². The lowest BCUT2D eigenvalue weighted by Crippen LogP contribution is -2.30. The van der Waals surface area contributed by atoms with E-state index >= 15 is 0 Å². The van der Waals surface area contributed by atoms with Gasteiger partial charge >= 0.3 is 12.1 Å². The van der Waals surface area contributed by atoms with Crippen molar-refractivity contribution in [2.24, 2.45) is 0 Å². The van der Waals surface area contributed by atoms with Gasteiger partial charge in [-0.15, -0.1) is 0 Å². The van der Waals surface area contributed by atoms with Crippen molar-refractivity contribution in [2.45, 2.75) is 24.5 Å². The van der Waals surface area contributed by atoms with E-state index in [2.05, 4.69) is 27.6 Å². The first-order chi connectivity index (χ1) is 17.4. The minimum Gasteiger partial charge on any atom is -0.476 e. The number of alkyl carbamates (subject to hydrolysis) is 1. The van der Waals surface area contributed by atoms with Crippen LogP contribution in [0.2, 0.25) is 0 Å². The van der Waals surface area contributed by atoms with Crippen molar-refractivity contribution in [1.82, 2.24) is 15.5 Å². The number of aliphatic hydroxyl groups is 2. The lowest BCUT2D eigenvalue weighted by atomic mass is 9.98. The fraction of sp³-hybridized carbons (Fsp3) is 0.222. The SMILES string of the molecule is O=C(NCCC(O)C(O)c1ccc2[nH]nc(C(=O)O)c2c1)OCC1c2ccccc2-c2ccccc21. The van der Waals surface area contributed by atoms with Gasteiger partial charge in [-0.05, 0) is 46.4 Å². The summed E-state index contributed by atoms with van der Waals surface area (Å²) < 4.78 is 5.48. The Bertz CT molecular complexity index is 1390. The van der Waals surface area contributed by atoms with Crippen LogP contribution in [-0.4, -0.2) is 56.8 Å². The minimum absolute atomic E-state index is 0.0518. The summed E-state index contributed by atoms with van der Waals surface area (Å²) in [6.45, 7) is 0.269. The molecule has 9 nitrogen and oxygen atoms in total. The van der Waals surface area contributed by atoms with Crippen molar-refractivity contribution in [1.29, 1.82) is 0 Å². The van der Waals surface area contributed by atoms with Crippen LogP contribution in [-0.2, 0) is 4.74 Å². The van der Waals surface area contributed by atoms with Crippen molar-refractivity contribution >= 4 is 23.0 Å². The van der Waals surface area contributed by atoms with Gasteiger partial charge in [-0.25, -0.2) is 9.59 Å². The summed E-state index contributed by atoms with van der Waals surface area (Å²) in [6, 6.07) is 20.8. The van der Waals surface area contributed by atoms with Gasteiger partial charge in [-0.1, -0.05) is 54.6 Å².